The molecule has 2 aromatic carbocycles. The van der Waals surface area contributed by atoms with Crippen LogP contribution in [-0.2, 0) is 23.6 Å². The van der Waals surface area contributed by atoms with Gasteiger partial charge in [-0.3, -0.25) is 9.13 Å². The molecular formula is C17H16N4O3S. The van der Waals surface area contributed by atoms with Gasteiger partial charge in [-0.05, 0) is 24.3 Å². The number of rotatable bonds is 5. The predicted molar refractivity (Wildman–Crippen MR) is 93.5 cm³/mol. The summed E-state index contributed by atoms with van der Waals surface area (Å²) in [6, 6.07) is 15.2. The first-order valence-electron chi connectivity index (χ1n) is 7.59. The van der Waals surface area contributed by atoms with Gasteiger partial charge in [0.25, 0.3) is 0 Å². The van der Waals surface area contributed by atoms with E-state index in [1.54, 1.807) is 19.2 Å². The van der Waals surface area contributed by atoms with Crippen molar-refractivity contribution in [2.45, 2.75) is 11.4 Å². The molecule has 0 aliphatic rings. The zero-order valence-corrected chi connectivity index (χ0v) is 14.3. The summed E-state index contributed by atoms with van der Waals surface area (Å²) in [6.07, 6.45) is 0. The summed E-state index contributed by atoms with van der Waals surface area (Å²) >= 11 is 0. The molecule has 0 saturated heterocycles. The van der Waals surface area contributed by atoms with E-state index in [1.165, 1.54) is 21.3 Å². The number of nitrogens with zero attached hydrogens (tertiary/aromatic N) is 3. The van der Waals surface area contributed by atoms with E-state index < -0.39 is 10.0 Å². The van der Waals surface area contributed by atoms with Gasteiger partial charge in [0.15, 0.2) is 0 Å². The van der Waals surface area contributed by atoms with E-state index in [0.717, 1.165) is 11.0 Å². The van der Waals surface area contributed by atoms with E-state index in [-0.39, 0.29) is 29.2 Å². The summed E-state index contributed by atoms with van der Waals surface area (Å²) in [4.78, 5) is 12.3. The molecule has 1 heterocycles. The highest BCUT2D eigenvalue weighted by atomic mass is 32.2. The largest absolute Gasteiger partial charge is 0.328 e. The molecule has 0 unspecified atom stereocenters. The maximum absolute atomic E-state index is 12.4. The lowest BCUT2D eigenvalue weighted by Crippen LogP contribution is -2.31. The van der Waals surface area contributed by atoms with Crippen molar-refractivity contribution in [3.8, 4) is 6.07 Å². The Kier molecular flexibility index (Phi) is 4.44. The predicted octanol–water partition coefficient (Wildman–Crippen LogP) is 1.19. The zero-order valence-electron chi connectivity index (χ0n) is 13.5. The molecule has 25 heavy (non-hydrogen) atoms. The molecule has 7 nitrogen and oxygen atoms in total. The van der Waals surface area contributed by atoms with Gasteiger partial charge in [-0.2, -0.15) is 5.26 Å². The molecule has 8 heteroatoms. The van der Waals surface area contributed by atoms with Gasteiger partial charge >= 0.3 is 5.69 Å². The highest BCUT2D eigenvalue weighted by molar-refractivity contribution is 7.89. The van der Waals surface area contributed by atoms with Crippen molar-refractivity contribution in [1.82, 2.24) is 13.9 Å². The fraction of sp³-hybridized carbons (Fsp3) is 0.176. The second-order valence-electron chi connectivity index (χ2n) is 5.49. The molecule has 0 spiro atoms. The van der Waals surface area contributed by atoms with Gasteiger partial charge in [0.2, 0.25) is 10.0 Å². The summed E-state index contributed by atoms with van der Waals surface area (Å²) < 4.78 is 30.3. The second kappa shape index (κ2) is 6.55. The first-order valence-corrected chi connectivity index (χ1v) is 9.07. The fourth-order valence-corrected chi connectivity index (χ4v) is 3.92. The Balaban J connectivity index is 1.83. The van der Waals surface area contributed by atoms with Crippen molar-refractivity contribution < 1.29 is 8.42 Å². The number of aromatic nitrogens is 2. The van der Waals surface area contributed by atoms with E-state index in [9.17, 15) is 13.2 Å². The Morgan fingerprint density at radius 1 is 1.08 bits per heavy atom. The van der Waals surface area contributed by atoms with Crippen molar-refractivity contribution in [3.63, 3.8) is 0 Å². The van der Waals surface area contributed by atoms with E-state index >= 15 is 0 Å². The third-order valence-electron chi connectivity index (χ3n) is 3.98. The fourth-order valence-electron chi connectivity index (χ4n) is 2.74. The normalized spacial score (nSPS) is 11.5. The Morgan fingerprint density at radius 3 is 2.44 bits per heavy atom. The molecule has 3 aromatic rings. The Bertz CT molecular complexity index is 1140. The molecule has 0 atom stereocenters. The highest BCUT2D eigenvalue weighted by Gasteiger charge is 2.18. The van der Waals surface area contributed by atoms with Crippen LogP contribution in [0.5, 0.6) is 0 Å². The van der Waals surface area contributed by atoms with Gasteiger partial charge in [0.05, 0.1) is 21.5 Å². The number of hydrogen-bond donors (Lipinski definition) is 1. The number of nitriles is 1. The Morgan fingerprint density at radius 2 is 1.72 bits per heavy atom. The summed E-state index contributed by atoms with van der Waals surface area (Å²) in [7, 11) is -2.15. The van der Waals surface area contributed by atoms with Crippen molar-refractivity contribution in [1.29, 1.82) is 5.26 Å². The van der Waals surface area contributed by atoms with Gasteiger partial charge < -0.3 is 0 Å². The molecule has 1 N–H and O–H groups in total. The van der Waals surface area contributed by atoms with Crippen LogP contribution in [0.25, 0.3) is 11.0 Å². The van der Waals surface area contributed by atoms with Crippen LogP contribution in [0.4, 0.5) is 0 Å². The number of aryl methyl sites for hydroxylation is 1. The van der Waals surface area contributed by atoms with Crippen LogP contribution in [0.1, 0.15) is 5.56 Å². The van der Waals surface area contributed by atoms with Crippen molar-refractivity contribution in [2.75, 3.05) is 6.54 Å². The van der Waals surface area contributed by atoms with Gasteiger partial charge in [0, 0.05) is 20.1 Å². The van der Waals surface area contributed by atoms with Gasteiger partial charge in [0.1, 0.15) is 6.07 Å². The van der Waals surface area contributed by atoms with Crippen LogP contribution in [0.3, 0.4) is 0 Å². The summed E-state index contributed by atoms with van der Waals surface area (Å²) in [5, 5.41) is 9.05. The number of para-hydroxylation sites is 2. The van der Waals surface area contributed by atoms with Crippen LogP contribution < -0.4 is 10.4 Å². The molecule has 128 valence electrons. The number of nitrogens with one attached hydrogen (secondary N) is 1. The topological polar surface area (TPSA) is 96.9 Å². The SMILES string of the molecule is Cn1c(=O)n(CCNS(=O)(=O)c2ccccc2C#N)c2ccccc21. The molecule has 1 aromatic heterocycles. The lowest BCUT2D eigenvalue weighted by Gasteiger charge is -2.08. The smallest absolute Gasteiger partial charge is 0.295 e. The van der Waals surface area contributed by atoms with Crippen molar-refractivity contribution in [2.24, 2.45) is 7.05 Å². The molecule has 3 rings (SSSR count). The van der Waals surface area contributed by atoms with Crippen molar-refractivity contribution >= 4 is 21.1 Å². The minimum atomic E-state index is -3.83. The van der Waals surface area contributed by atoms with E-state index in [4.69, 9.17) is 5.26 Å². The van der Waals surface area contributed by atoms with Crippen LogP contribution in [0.2, 0.25) is 0 Å². The lowest BCUT2D eigenvalue weighted by molar-refractivity contribution is 0.571. The van der Waals surface area contributed by atoms with Crippen LogP contribution >= 0.6 is 0 Å². The maximum Gasteiger partial charge on any atom is 0.328 e. The first kappa shape index (κ1) is 17.0. The van der Waals surface area contributed by atoms with Crippen LogP contribution in [-0.4, -0.2) is 24.1 Å². The number of sulfonamides is 1. The number of benzene rings is 2. The Hall–Kier alpha value is -2.89. The van der Waals surface area contributed by atoms with Crippen LogP contribution in [0, 0.1) is 11.3 Å². The standard InChI is InChI=1S/C17H16N4O3S/c1-20-14-7-3-4-8-15(14)21(17(20)22)11-10-19-25(23,24)16-9-5-2-6-13(16)12-18/h2-9,19H,10-11H2,1H3. The maximum atomic E-state index is 12.4. The molecule has 0 aliphatic carbocycles. The van der Waals surface area contributed by atoms with Crippen LogP contribution in [0.15, 0.2) is 58.2 Å². The number of hydrogen-bond acceptors (Lipinski definition) is 4. The first-order chi connectivity index (χ1) is 12.0. The molecule has 0 radical (unpaired) electrons. The third kappa shape index (κ3) is 3.07. The van der Waals surface area contributed by atoms with Gasteiger partial charge in [-0.25, -0.2) is 17.9 Å². The average Bonchev–Trinajstić information content (AvgIpc) is 2.87. The average molecular weight is 356 g/mol. The highest BCUT2D eigenvalue weighted by Crippen LogP contribution is 2.14. The third-order valence-corrected chi connectivity index (χ3v) is 5.50. The van der Waals surface area contributed by atoms with Gasteiger partial charge in [-0.15, -0.1) is 0 Å². The van der Waals surface area contributed by atoms with E-state index in [2.05, 4.69) is 4.72 Å². The number of fused-ring (bicyclic) bond motifs is 1. The second-order valence-corrected chi connectivity index (χ2v) is 7.22. The van der Waals surface area contributed by atoms with E-state index in [0.29, 0.717) is 0 Å². The summed E-state index contributed by atoms with van der Waals surface area (Å²) in [6.45, 7) is 0.226. The zero-order chi connectivity index (χ0) is 18.0. The molecule has 0 aliphatic heterocycles. The van der Waals surface area contributed by atoms with Gasteiger partial charge in [-0.1, -0.05) is 24.3 Å². The summed E-state index contributed by atoms with van der Waals surface area (Å²) in [5.41, 5.74) is 1.40. The summed E-state index contributed by atoms with van der Waals surface area (Å²) in [5.74, 6) is 0. The Labute approximate surface area is 144 Å². The number of imidazole rings is 1. The minimum absolute atomic E-state index is 0.0377. The molecule has 0 saturated carbocycles. The molecule has 0 amide bonds. The minimum Gasteiger partial charge on any atom is -0.295 e. The van der Waals surface area contributed by atoms with Crippen molar-refractivity contribution in [3.05, 3.63) is 64.6 Å². The quantitative estimate of drug-likeness (QED) is 0.742. The lowest BCUT2D eigenvalue weighted by atomic mass is 10.2. The monoisotopic (exact) mass is 356 g/mol. The van der Waals surface area contributed by atoms with E-state index in [1.807, 2.05) is 30.3 Å². The molecular weight excluding hydrogens is 340 g/mol. The molecule has 0 fully saturated rings. The molecule has 0 bridgehead atoms.